The molecule has 1 aromatic carbocycles. The molecule has 0 aliphatic carbocycles. The Morgan fingerprint density at radius 2 is 1.93 bits per heavy atom. The van der Waals surface area contributed by atoms with E-state index in [0.29, 0.717) is 5.75 Å². The van der Waals surface area contributed by atoms with Gasteiger partial charge in [0.1, 0.15) is 5.75 Å². The molecule has 1 heterocycles. The lowest BCUT2D eigenvalue weighted by atomic mass is 10.1. The van der Waals surface area contributed by atoms with E-state index in [2.05, 4.69) is 4.90 Å². The summed E-state index contributed by atoms with van der Waals surface area (Å²) in [4.78, 5) is 2.37. The summed E-state index contributed by atoms with van der Waals surface area (Å²) in [6.45, 7) is 4.68. The van der Waals surface area contributed by atoms with E-state index in [1.807, 2.05) is 18.2 Å². The molecular weight excluding hydrogens is 190 g/mol. The van der Waals surface area contributed by atoms with Gasteiger partial charge in [0, 0.05) is 19.6 Å². The van der Waals surface area contributed by atoms with Gasteiger partial charge in [-0.05, 0) is 18.1 Å². The fraction of sp³-hybridized carbons (Fsp3) is 0.500. The number of aromatic hydroxyl groups is 1. The molecule has 0 bridgehead atoms. The first-order valence-electron chi connectivity index (χ1n) is 5.43. The minimum absolute atomic E-state index is 0.408. The van der Waals surface area contributed by atoms with Gasteiger partial charge in [0.15, 0.2) is 0 Å². The third-order valence-corrected chi connectivity index (χ3v) is 2.79. The Morgan fingerprint density at radius 1 is 1.20 bits per heavy atom. The van der Waals surface area contributed by atoms with Crippen molar-refractivity contribution in [1.29, 1.82) is 0 Å². The van der Waals surface area contributed by atoms with Crippen LogP contribution in [0.4, 0.5) is 0 Å². The van der Waals surface area contributed by atoms with Gasteiger partial charge in [-0.3, -0.25) is 4.90 Å². The molecule has 2 rings (SSSR count). The number of benzene rings is 1. The molecule has 1 fully saturated rings. The Kier molecular flexibility index (Phi) is 3.59. The first kappa shape index (κ1) is 10.5. The smallest absolute Gasteiger partial charge is 0.118 e. The second-order valence-corrected chi connectivity index (χ2v) is 3.83. The zero-order valence-electron chi connectivity index (χ0n) is 8.85. The minimum Gasteiger partial charge on any atom is -0.508 e. The van der Waals surface area contributed by atoms with E-state index in [1.54, 1.807) is 6.07 Å². The standard InChI is InChI=1S/C12H17NO2/c14-12-4-2-1-3-11(12)5-6-13-7-9-15-10-8-13/h1-4,14H,5-10H2. The van der Waals surface area contributed by atoms with Gasteiger partial charge in [0.2, 0.25) is 0 Å². The molecule has 1 aliphatic rings. The van der Waals surface area contributed by atoms with Crippen molar-refractivity contribution in [3.8, 4) is 5.75 Å². The van der Waals surface area contributed by atoms with Gasteiger partial charge in [-0.15, -0.1) is 0 Å². The summed E-state index contributed by atoms with van der Waals surface area (Å²) in [5.41, 5.74) is 1.03. The summed E-state index contributed by atoms with van der Waals surface area (Å²) in [6, 6.07) is 7.55. The van der Waals surface area contributed by atoms with Gasteiger partial charge >= 0.3 is 0 Å². The number of rotatable bonds is 3. The lowest BCUT2D eigenvalue weighted by molar-refractivity contribution is 0.0384. The molecule has 1 saturated heterocycles. The van der Waals surface area contributed by atoms with E-state index in [9.17, 15) is 5.11 Å². The second kappa shape index (κ2) is 5.14. The van der Waals surface area contributed by atoms with Crippen LogP contribution in [0.5, 0.6) is 5.75 Å². The van der Waals surface area contributed by atoms with Gasteiger partial charge in [-0.2, -0.15) is 0 Å². The van der Waals surface area contributed by atoms with Crippen LogP contribution >= 0.6 is 0 Å². The topological polar surface area (TPSA) is 32.7 Å². The number of morpholine rings is 1. The molecule has 0 unspecified atom stereocenters. The first-order valence-corrected chi connectivity index (χ1v) is 5.43. The van der Waals surface area contributed by atoms with Crippen LogP contribution in [0.15, 0.2) is 24.3 Å². The van der Waals surface area contributed by atoms with Gasteiger partial charge in [-0.1, -0.05) is 18.2 Å². The van der Waals surface area contributed by atoms with Crippen molar-refractivity contribution in [2.24, 2.45) is 0 Å². The van der Waals surface area contributed by atoms with Crippen molar-refractivity contribution in [3.63, 3.8) is 0 Å². The molecule has 1 aliphatic heterocycles. The van der Waals surface area contributed by atoms with Crippen LogP contribution in [0.3, 0.4) is 0 Å². The number of ether oxygens (including phenoxy) is 1. The Bertz CT molecular complexity index is 308. The molecule has 1 N–H and O–H groups in total. The number of nitrogens with zero attached hydrogens (tertiary/aromatic N) is 1. The van der Waals surface area contributed by atoms with Crippen LogP contribution in [-0.4, -0.2) is 42.9 Å². The van der Waals surface area contributed by atoms with Crippen LogP contribution in [-0.2, 0) is 11.2 Å². The number of phenols is 1. The van der Waals surface area contributed by atoms with E-state index in [1.165, 1.54) is 0 Å². The number of para-hydroxylation sites is 1. The summed E-state index contributed by atoms with van der Waals surface area (Å²) < 4.78 is 5.28. The van der Waals surface area contributed by atoms with Crippen molar-refractivity contribution in [2.45, 2.75) is 6.42 Å². The third-order valence-electron chi connectivity index (χ3n) is 2.79. The third kappa shape index (κ3) is 2.94. The van der Waals surface area contributed by atoms with E-state index < -0.39 is 0 Å². The molecule has 0 atom stereocenters. The van der Waals surface area contributed by atoms with Crippen LogP contribution in [0.25, 0.3) is 0 Å². The highest BCUT2D eigenvalue weighted by Gasteiger charge is 2.10. The Labute approximate surface area is 90.3 Å². The maximum absolute atomic E-state index is 9.60. The molecule has 3 nitrogen and oxygen atoms in total. The second-order valence-electron chi connectivity index (χ2n) is 3.83. The molecule has 0 aromatic heterocycles. The highest BCUT2D eigenvalue weighted by atomic mass is 16.5. The fourth-order valence-corrected chi connectivity index (χ4v) is 1.83. The molecule has 15 heavy (non-hydrogen) atoms. The maximum Gasteiger partial charge on any atom is 0.118 e. The number of hydrogen-bond acceptors (Lipinski definition) is 3. The van der Waals surface area contributed by atoms with Crippen LogP contribution in [0.2, 0.25) is 0 Å². The maximum atomic E-state index is 9.60. The molecule has 82 valence electrons. The van der Waals surface area contributed by atoms with Crippen LogP contribution in [0.1, 0.15) is 5.56 Å². The monoisotopic (exact) mass is 207 g/mol. The number of hydrogen-bond donors (Lipinski definition) is 1. The van der Waals surface area contributed by atoms with Gasteiger partial charge in [-0.25, -0.2) is 0 Å². The van der Waals surface area contributed by atoms with Crippen molar-refractivity contribution in [1.82, 2.24) is 4.90 Å². The van der Waals surface area contributed by atoms with E-state index in [-0.39, 0.29) is 0 Å². The average Bonchev–Trinajstić information content (AvgIpc) is 2.29. The van der Waals surface area contributed by atoms with E-state index in [0.717, 1.165) is 44.8 Å². The summed E-state index contributed by atoms with van der Waals surface area (Å²) >= 11 is 0. The van der Waals surface area contributed by atoms with Crippen molar-refractivity contribution < 1.29 is 9.84 Å². The first-order chi connectivity index (χ1) is 7.36. The van der Waals surface area contributed by atoms with Crippen molar-refractivity contribution in [2.75, 3.05) is 32.8 Å². The Morgan fingerprint density at radius 3 is 2.67 bits per heavy atom. The summed E-state index contributed by atoms with van der Waals surface area (Å²) in [5.74, 6) is 0.408. The van der Waals surface area contributed by atoms with Gasteiger partial charge < -0.3 is 9.84 Å². The zero-order valence-corrected chi connectivity index (χ0v) is 8.85. The fourth-order valence-electron chi connectivity index (χ4n) is 1.83. The molecule has 0 radical (unpaired) electrons. The highest BCUT2D eigenvalue weighted by Crippen LogP contribution is 2.16. The van der Waals surface area contributed by atoms with E-state index >= 15 is 0 Å². The average molecular weight is 207 g/mol. The molecule has 0 saturated carbocycles. The quantitative estimate of drug-likeness (QED) is 0.810. The minimum atomic E-state index is 0.408. The SMILES string of the molecule is Oc1ccccc1CCN1CCOCC1. The van der Waals surface area contributed by atoms with Gasteiger partial charge in [0.25, 0.3) is 0 Å². The summed E-state index contributed by atoms with van der Waals surface area (Å²) in [5, 5.41) is 9.60. The normalized spacial score (nSPS) is 17.9. The molecular formula is C12H17NO2. The predicted octanol–water partition coefficient (Wildman–Crippen LogP) is 1.27. The van der Waals surface area contributed by atoms with E-state index in [4.69, 9.17) is 4.74 Å². The molecule has 0 spiro atoms. The molecule has 1 aromatic rings. The highest BCUT2D eigenvalue weighted by molar-refractivity contribution is 5.31. The van der Waals surface area contributed by atoms with Gasteiger partial charge in [0.05, 0.1) is 13.2 Å². The van der Waals surface area contributed by atoms with Crippen LogP contribution < -0.4 is 0 Å². The molecule has 3 heteroatoms. The zero-order chi connectivity index (χ0) is 10.5. The van der Waals surface area contributed by atoms with Crippen molar-refractivity contribution >= 4 is 0 Å². The Balaban J connectivity index is 1.84. The predicted molar refractivity (Wildman–Crippen MR) is 59.1 cm³/mol. The lowest BCUT2D eigenvalue weighted by Crippen LogP contribution is -2.37. The lowest BCUT2D eigenvalue weighted by Gasteiger charge is -2.26. The van der Waals surface area contributed by atoms with Crippen molar-refractivity contribution in [3.05, 3.63) is 29.8 Å². The number of phenolic OH excluding ortho intramolecular Hbond substituents is 1. The summed E-state index contributed by atoms with van der Waals surface area (Å²) in [7, 11) is 0. The largest absolute Gasteiger partial charge is 0.508 e. The summed E-state index contributed by atoms with van der Waals surface area (Å²) in [6.07, 6.45) is 0.909. The van der Waals surface area contributed by atoms with Crippen LogP contribution in [0, 0.1) is 0 Å². The molecule has 0 amide bonds. The Hall–Kier alpha value is -1.06.